The molecule has 35 heavy (non-hydrogen) atoms. The molecule has 0 saturated carbocycles. The van der Waals surface area contributed by atoms with Crippen molar-refractivity contribution >= 4 is 46.6 Å². The minimum absolute atomic E-state index is 0.0212. The van der Waals surface area contributed by atoms with Gasteiger partial charge in [-0.25, -0.2) is 0 Å². The average Bonchev–Trinajstić information content (AvgIpc) is 2.84. The van der Waals surface area contributed by atoms with E-state index in [-0.39, 0.29) is 24.8 Å². The number of unbranched alkanes of at least 4 members (excludes halogenated alkanes) is 1. The third-order valence-corrected chi connectivity index (χ3v) is 6.68. The Balaban J connectivity index is 1.98. The Labute approximate surface area is 222 Å². The number of benzene rings is 3. The summed E-state index contributed by atoms with van der Waals surface area (Å²) in [6.45, 7) is 2.84. The normalized spacial score (nSPS) is 11.7. The first-order chi connectivity index (χ1) is 16.9. The van der Waals surface area contributed by atoms with Gasteiger partial charge in [0.2, 0.25) is 11.8 Å². The summed E-state index contributed by atoms with van der Waals surface area (Å²) in [5.41, 5.74) is 2.33. The zero-order valence-electron chi connectivity index (χ0n) is 19.6. The lowest BCUT2D eigenvalue weighted by Crippen LogP contribution is -2.51. The molecule has 0 aliphatic heterocycles. The van der Waals surface area contributed by atoms with Crippen LogP contribution in [0.25, 0.3) is 0 Å². The maximum absolute atomic E-state index is 13.8. The Morgan fingerprint density at radius 1 is 0.886 bits per heavy atom. The van der Waals surface area contributed by atoms with Crippen molar-refractivity contribution in [1.82, 2.24) is 10.2 Å². The summed E-state index contributed by atoms with van der Waals surface area (Å²) in [5, 5.41) is 4.41. The molecule has 1 N–H and O–H groups in total. The van der Waals surface area contributed by atoms with Gasteiger partial charge in [-0.2, -0.15) is 0 Å². The second-order valence-electron chi connectivity index (χ2n) is 8.38. The fourth-order valence-corrected chi connectivity index (χ4v) is 4.59. The van der Waals surface area contributed by atoms with Gasteiger partial charge in [0, 0.05) is 34.6 Å². The standard InChI is InChI=1S/C28H29Cl3N2O2/c1-2-3-15-32-28(35)26(17-20-9-5-4-6-10-20)33(19-21-11-7-12-22(29)16-21)27(34)18-23-24(30)13-8-14-25(23)31/h4-14,16,26H,2-3,15,17-19H2,1H3,(H,32,35). The van der Waals surface area contributed by atoms with Gasteiger partial charge in [-0.05, 0) is 47.4 Å². The van der Waals surface area contributed by atoms with Gasteiger partial charge in [-0.1, -0.05) is 96.7 Å². The van der Waals surface area contributed by atoms with Gasteiger partial charge >= 0.3 is 0 Å². The second kappa shape index (κ2) is 13.5. The Kier molecular flexibility index (Phi) is 10.5. The summed E-state index contributed by atoms with van der Waals surface area (Å²) in [4.78, 5) is 28.8. The number of halogens is 3. The van der Waals surface area contributed by atoms with Crippen molar-refractivity contribution in [2.45, 2.75) is 45.2 Å². The predicted molar refractivity (Wildman–Crippen MR) is 144 cm³/mol. The SMILES string of the molecule is CCCCNC(=O)C(Cc1ccccc1)N(Cc1cccc(Cl)c1)C(=O)Cc1c(Cl)cccc1Cl. The van der Waals surface area contributed by atoms with Crippen LogP contribution in [0.2, 0.25) is 15.1 Å². The van der Waals surface area contributed by atoms with Gasteiger partial charge in [0.15, 0.2) is 0 Å². The molecule has 0 aliphatic rings. The van der Waals surface area contributed by atoms with Crippen molar-refractivity contribution in [2.24, 2.45) is 0 Å². The van der Waals surface area contributed by atoms with Crippen molar-refractivity contribution < 1.29 is 9.59 Å². The van der Waals surface area contributed by atoms with Crippen LogP contribution in [0.1, 0.15) is 36.5 Å². The molecule has 3 aromatic carbocycles. The summed E-state index contributed by atoms with van der Waals surface area (Å²) >= 11 is 18.9. The molecule has 0 radical (unpaired) electrons. The van der Waals surface area contributed by atoms with Gasteiger partial charge in [0.05, 0.1) is 6.42 Å². The fourth-order valence-electron chi connectivity index (χ4n) is 3.85. The lowest BCUT2D eigenvalue weighted by molar-refractivity contribution is -0.140. The number of carbonyl (C=O) groups excluding carboxylic acids is 2. The minimum Gasteiger partial charge on any atom is -0.354 e. The van der Waals surface area contributed by atoms with Crippen molar-refractivity contribution in [3.05, 3.63) is 105 Å². The van der Waals surface area contributed by atoms with E-state index in [1.54, 1.807) is 35.2 Å². The van der Waals surface area contributed by atoms with Crippen LogP contribution in [0.3, 0.4) is 0 Å². The van der Waals surface area contributed by atoms with Crippen LogP contribution >= 0.6 is 34.8 Å². The number of nitrogens with one attached hydrogen (secondary N) is 1. The monoisotopic (exact) mass is 530 g/mol. The number of rotatable bonds is 11. The molecule has 0 fully saturated rings. The van der Waals surface area contributed by atoms with Crippen LogP contribution in [0.5, 0.6) is 0 Å². The van der Waals surface area contributed by atoms with E-state index in [1.165, 1.54) is 0 Å². The molecule has 0 aromatic heterocycles. The van der Waals surface area contributed by atoms with Crippen LogP contribution in [-0.2, 0) is 29.0 Å². The highest BCUT2D eigenvalue weighted by Crippen LogP contribution is 2.26. The Hall–Kier alpha value is -2.53. The third kappa shape index (κ3) is 7.99. The molecule has 7 heteroatoms. The first-order valence-corrected chi connectivity index (χ1v) is 12.8. The quantitative estimate of drug-likeness (QED) is 0.278. The van der Waals surface area contributed by atoms with Crippen LogP contribution in [-0.4, -0.2) is 29.3 Å². The molecule has 0 aliphatic carbocycles. The lowest BCUT2D eigenvalue weighted by atomic mass is 10.0. The van der Waals surface area contributed by atoms with E-state index in [9.17, 15) is 9.59 Å². The molecular formula is C28H29Cl3N2O2. The highest BCUT2D eigenvalue weighted by molar-refractivity contribution is 6.36. The van der Waals surface area contributed by atoms with Crippen molar-refractivity contribution in [3.63, 3.8) is 0 Å². The van der Waals surface area contributed by atoms with Gasteiger partial charge < -0.3 is 10.2 Å². The zero-order valence-corrected chi connectivity index (χ0v) is 21.9. The molecule has 4 nitrogen and oxygen atoms in total. The van der Waals surface area contributed by atoms with Crippen LogP contribution in [0, 0.1) is 0 Å². The Bertz CT molecular complexity index is 1120. The molecule has 0 saturated heterocycles. The average molecular weight is 532 g/mol. The molecule has 0 spiro atoms. The zero-order chi connectivity index (χ0) is 25.2. The van der Waals surface area contributed by atoms with Crippen LogP contribution < -0.4 is 5.32 Å². The molecule has 3 rings (SSSR count). The highest BCUT2D eigenvalue weighted by Gasteiger charge is 2.31. The molecule has 184 valence electrons. The van der Waals surface area contributed by atoms with E-state index in [2.05, 4.69) is 12.2 Å². The number of hydrogen-bond acceptors (Lipinski definition) is 2. The Morgan fingerprint density at radius 3 is 2.20 bits per heavy atom. The maximum Gasteiger partial charge on any atom is 0.243 e. The van der Waals surface area contributed by atoms with Crippen LogP contribution in [0.4, 0.5) is 0 Å². The largest absolute Gasteiger partial charge is 0.354 e. The van der Waals surface area contributed by atoms with E-state index in [0.29, 0.717) is 33.6 Å². The fraction of sp³-hybridized carbons (Fsp3) is 0.286. The summed E-state index contributed by atoms with van der Waals surface area (Å²) in [7, 11) is 0. The Morgan fingerprint density at radius 2 is 1.54 bits per heavy atom. The molecule has 2 amide bonds. The molecule has 0 bridgehead atoms. The van der Waals surface area contributed by atoms with Gasteiger partial charge in [0.25, 0.3) is 0 Å². The lowest BCUT2D eigenvalue weighted by Gasteiger charge is -2.32. The van der Waals surface area contributed by atoms with Gasteiger partial charge in [0.1, 0.15) is 6.04 Å². The third-order valence-electron chi connectivity index (χ3n) is 5.73. The number of nitrogens with zero attached hydrogens (tertiary/aromatic N) is 1. The first-order valence-electron chi connectivity index (χ1n) is 11.7. The number of carbonyl (C=O) groups is 2. The van der Waals surface area contributed by atoms with E-state index >= 15 is 0 Å². The van der Waals surface area contributed by atoms with E-state index in [0.717, 1.165) is 24.0 Å². The van der Waals surface area contributed by atoms with E-state index in [4.69, 9.17) is 34.8 Å². The van der Waals surface area contributed by atoms with Crippen molar-refractivity contribution in [2.75, 3.05) is 6.54 Å². The molecule has 0 heterocycles. The second-order valence-corrected chi connectivity index (χ2v) is 9.63. The predicted octanol–water partition coefficient (Wildman–Crippen LogP) is 6.75. The summed E-state index contributed by atoms with van der Waals surface area (Å²) in [6.07, 6.45) is 2.18. The van der Waals surface area contributed by atoms with Crippen LogP contribution in [0.15, 0.2) is 72.8 Å². The van der Waals surface area contributed by atoms with Crippen molar-refractivity contribution in [1.29, 1.82) is 0 Å². The minimum atomic E-state index is -0.720. The molecule has 1 atom stereocenters. The van der Waals surface area contributed by atoms with E-state index < -0.39 is 6.04 Å². The maximum atomic E-state index is 13.8. The van der Waals surface area contributed by atoms with E-state index in [1.807, 2.05) is 42.5 Å². The first kappa shape index (κ1) is 27.1. The number of amides is 2. The summed E-state index contributed by atoms with van der Waals surface area (Å²) in [5.74, 6) is -0.436. The molecule has 3 aromatic rings. The molecule has 1 unspecified atom stereocenters. The van der Waals surface area contributed by atoms with Gasteiger partial charge in [-0.15, -0.1) is 0 Å². The van der Waals surface area contributed by atoms with Crippen molar-refractivity contribution in [3.8, 4) is 0 Å². The summed E-state index contributed by atoms with van der Waals surface area (Å²) in [6, 6.07) is 21.4. The smallest absolute Gasteiger partial charge is 0.243 e. The number of hydrogen-bond donors (Lipinski definition) is 1. The highest BCUT2D eigenvalue weighted by atomic mass is 35.5. The molecular weight excluding hydrogens is 503 g/mol. The summed E-state index contributed by atoms with van der Waals surface area (Å²) < 4.78 is 0. The topological polar surface area (TPSA) is 49.4 Å². The van der Waals surface area contributed by atoms with Gasteiger partial charge in [-0.3, -0.25) is 9.59 Å².